The van der Waals surface area contributed by atoms with Crippen LogP contribution in [0.2, 0.25) is 0 Å². The molecule has 2 heterocycles. The number of benzene rings is 1. The molecule has 3 rings (SSSR count). The lowest BCUT2D eigenvalue weighted by Crippen LogP contribution is -2.05. The van der Waals surface area contributed by atoms with Crippen molar-refractivity contribution in [3.8, 4) is 10.8 Å². The van der Waals surface area contributed by atoms with Gasteiger partial charge in [-0.05, 0) is 41.1 Å². The maximum Gasteiger partial charge on any atom is 0.338 e. The molecule has 7 nitrogen and oxygen atoms in total. The van der Waals surface area contributed by atoms with Crippen LogP contribution < -0.4 is 16.2 Å². The van der Waals surface area contributed by atoms with E-state index in [9.17, 15) is 9.18 Å². The van der Waals surface area contributed by atoms with Crippen LogP contribution in [0, 0.1) is 5.82 Å². The normalized spacial score (nSPS) is 9.59. The lowest BCUT2D eigenvalue weighted by Gasteiger charge is -2.06. The summed E-state index contributed by atoms with van der Waals surface area (Å²) in [5.74, 6) is -1.23. The SMILES string of the molecule is Br.CCOC(=O)c1ccc(Oc2cnc(N)s2)c(F)c1.Nc1ncc(Br)s1. The van der Waals surface area contributed by atoms with Crippen LogP contribution in [0.15, 0.2) is 34.4 Å². The first-order valence-corrected chi connectivity index (χ1v) is 9.54. The molecule has 0 aliphatic heterocycles. The minimum Gasteiger partial charge on any atom is -0.462 e. The van der Waals surface area contributed by atoms with Crippen molar-refractivity contribution in [1.29, 1.82) is 0 Å². The highest BCUT2D eigenvalue weighted by Crippen LogP contribution is 2.30. The van der Waals surface area contributed by atoms with Gasteiger partial charge in [-0.1, -0.05) is 22.7 Å². The van der Waals surface area contributed by atoms with Gasteiger partial charge in [0.05, 0.1) is 28.4 Å². The summed E-state index contributed by atoms with van der Waals surface area (Å²) in [4.78, 5) is 19.0. The third-order valence-corrected chi connectivity index (χ3v) is 4.66. The van der Waals surface area contributed by atoms with Gasteiger partial charge in [0.2, 0.25) is 5.06 Å². The molecular weight excluding hydrogens is 527 g/mol. The number of hydrogen-bond donors (Lipinski definition) is 2. The van der Waals surface area contributed by atoms with Gasteiger partial charge in [-0.2, -0.15) is 0 Å². The van der Waals surface area contributed by atoms with Crippen molar-refractivity contribution in [2.75, 3.05) is 18.1 Å². The second-order valence-corrected chi connectivity index (χ2v) is 7.95. The average Bonchev–Trinajstić information content (AvgIpc) is 3.17. The Kier molecular flexibility index (Phi) is 9.63. The minimum atomic E-state index is -0.655. The number of hydrogen-bond acceptors (Lipinski definition) is 9. The highest BCUT2D eigenvalue weighted by atomic mass is 79.9. The summed E-state index contributed by atoms with van der Waals surface area (Å²) >= 11 is 5.73. The summed E-state index contributed by atoms with van der Waals surface area (Å²) in [6.45, 7) is 1.92. The van der Waals surface area contributed by atoms with E-state index in [-0.39, 0.29) is 34.9 Å². The van der Waals surface area contributed by atoms with Gasteiger partial charge in [0.15, 0.2) is 21.8 Å². The number of halogens is 3. The Labute approximate surface area is 181 Å². The summed E-state index contributed by atoms with van der Waals surface area (Å²) < 4.78 is 24.8. The number of carbonyl (C=O) groups excluding carboxylic acids is 1. The summed E-state index contributed by atoms with van der Waals surface area (Å²) in [6.07, 6.45) is 3.08. The molecule has 0 saturated heterocycles. The standard InChI is InChI=1S/C12H11FN2O3S.C3H3BrN2S.BrH/c1-2-17-11(16)7-3-4-9(8(13)5-7)18-10-6-15-12(14)19-10;4-2-1-6-3(5)7-2;/h3-6H,2H2,1H3,(H2,14,15);1H,(H2,5,6);1H. The van der Waals surface area contributed by atoms with Gasteiger partial charge < -0.3 is 20.9 Å². The van der Waals surface area contributed by atoms with Crippen LogP contribution >= 0.6 is 55.6 Å². The van der Waals surface area contributed by atoms with Crippen LogP contribution in [0.25, 0.3) is 0 Å². The Morgan fingerprint density at radius 3 is 2.33 bits per heavy atom. The van der Waals surface area contributed by atoms with Gasteiger partial charge in [-0.3, -0.25) is 0 Å². The van der Waals surface area contributed by atoms with Gasteiger partial charge in [0.25, 0.3) is 0 Å². The molecule has 2 aromatic heterocycles. The Morgan fingerprint density at radius 1 is 1.22 bits per heavy atom. The van der Waals surface area contributed by atoms with Crippen molar-refractivity contribution in [3.63, 3.8) is 0 Å². The topological polar surface area (TPSA) is 113 Å². The van der Waals surface area contributed by atoms with E-state index in [0.717, 1.165) is 21.2 Å². The number of rotatable bonds is 4. The van der Waals surface area contributed by atoms with Gasteiger partial charge in [0.1, 0.15) is 0 Å². The molecule has 0 unspecified atom stereocenters. The van der Waals surface area contributed by atoms with E-state index in [1.807, 2.05) is 0 Å². The van der Waals surface area contributed by atoms with Gasteiger partial charge >= 0.3 is 5.97 Å². The van der Waals surface area contributed by atoms with E-state index < -0.39 is 11.8 Å². The number of thiazole rings is 2. The van der Waals surface area contributed by atoms with Gasteiger partial charge in [0, 0.05) is 0 Å². The molecule has 0 spiro atoms. The number of esters is 1. The van der Waals surface area contributed by atoms with E-state index in [4.69, 9.17) is 20.9 Å². The van der Waals surface area contributed by atoms with Crippen molar-refractivity contribution in [2.45, 2.75) is 6.92 Å². The molecule has 4 N–H and O–H groups in total. The zero-order valence-electron chi connectivity index (χ0n) is 13.8. The van der Waals surface area contributed by atoms with Crippen LogP contribution in [-0.2, 0) is 4.74 Å². The fourth-order valence-electron chi connectivity index (χ4n) is 1.62. The van der Waals surface area contributed by atoms with Crippen molar-refractivity contribution >= 4 is 71.8 Å². The quantitative estimate of drug-likeness (QED) is 0.451. The molecule has 0 saturated carbocycles. The maximum atomic E-state index is 13.8. The molecule has 27 heavy (non-hydrogen) atoms. The van der Waals surface area contributed by atoms with Crippen molar-refractivity contribution in [1.82, 2.24) is 9.97 Å². The van der Waals surface area contributed by atoms with Crippen LogP contribution in [0.4, 0.5) is 14.7 Å². The number of nitrogens with zero attached hydrogens (tertiary/aromatic N) is 2. The molecule has 0 amide bonds. The first-order valence-electron chi connectivity index (χ1n) is 7.11. The smallest absolute Gasteiger partial charge is 0.338 e. The van der Waals surface area contributed by atoms with Crippen LogP contribution in [0.1, 0.15) is 17.3 Å². The largest absolute Gasteiger partial charge is 0.462 e. The fraction of sp³-hybridized carbons (Fsp3) is 0.133. The molecule has 0 aliphatic rings. The van der Waals surface area contributed by atoms with Gasteiger partial charge in [-0.25, -0.2) is 19.2 Å². The second kappa shape index (κ2) is 11.2. The maximum absolute atomic E-state index is 13.8. The Morgan fingerprint density at radius 2 is 1.89 bits per heavy atom. The van der Waals surface area contributed by atoms with E-state index in [0.29, 0.717) is 15.3 Å². The highest BCUT2D eigenvalue weighted by Gasteiger charge is 2.12. The van der Waals surface area contributed by atoms with E-state index >= 15 is 0 Å². The Hall–Kier alpha value is -1.76. The molecule has 0 atom stereocenters. The summed E-state index contributed by atoms with van der Waals surface area (Å²) in [6, 6.07) is 3.86. The highest BCUT2D eigenvalue weighted by molar-refractivity contribution is 9.11. The van der Waals surface area contributed by atoms with E-state index in [1.165, 1.54) is 29.7 Å². The second-order valence-electron chi connectivity index (χ2n) is 4.49. The zero-order valence-corrected chi connectivity index (χ0v) is 18.8. The van der Waals surface area contributed by atoms with Crippen LogP contribution in [0.5, 0.6) is 10.8 Å². The summed E-state index contributed by atoms with van der Waals surface area (Å²) in [5, 5.41) is 1.31. The molecule has 1 aromatic carbocycles. The minimum absolute atomic E-state index is 0. The van der Waals surface area contributed by atoms with Crippen LogP contribution in [0.3, 0.4) is 0 Å². The number of ether oxygens (including phenoxy) is 2. The molecule has 3 aromatic rings. The fourth-order valence-corrected chi connectivity index (χ4v) is 3.18. The number of carbonyl (C=O) groups is 1. The molecule has 146 valence electrons. The first-order chi connectivity index (χ1) is 12.4. The van der Waals surface area contributed by atoms with Crippen molar-refractivity contribution in [2.24, 2.45) is 0 Å². The summed E-state index contributed by atoms with van der Waals surface area (Å²) in [7, 11) is 0. The predicted octanol–water partition coefficient (Wildman–Crippen LogP) is 4.90. The summed E-state index contributed by atoms with van der Waals surface area (Å²) in [5.41, 5.74) is 10.8. The zero-order chi connectivity index (χ0) is 19.1. The Balaban J connectivity index is 0.000000385. The van der Waals surface area contributed by atoms with Crippen molar-refractivity contribution in [3.05, 3.63) is 45.8 Å². The number of aromatic nitrogens is 2. The molecule has 0 radical (unpaired) electrons. The first kappa shape index (κ1) is 23.3. The lowest BCUT2D eigenvalue weighted by atomic mass is 10.2. The van der Waals surface area contributed by atoms with E-state index in [1.54, 1.807) is 13.1 Å². The molecule has 0 aliphatic carbocycles. The number of nitrogens with two attached hydrogens (primary N) is 2. The third kappa shape index (κ3) is 7.40. The molecular formula is C15H15Br2FN4O3S2. The number of nitrogen functional groups attached to an aromatic ring is 2. The van der Waals surface area contributed by atoms with E-state index in [2.05, 4.69) is 25.9 Å². The monoisotopic (exact) mass is 540 g/mol. The van der Waals surface area contributed by atoms with Crippen LogP contribution in [-0.4, -0.2) is 22.5 Å². The molecule has 0 bridgehead atoms. The average molecular weight is 542 g/mol. The number of anilines is 2. The molecule has 12 heteroatoms. The third-order valence-electron chi connectivity index (χ3n) is 2.65. The van der Waals surface area contributed by atoms with Gasteiger partial charge in [-0.15, -0.1) is 17.0 Å². The lowest BCUT2D eigenvalue weighted by molar-refractivity contribution is 0.0525. The molecule has 0 fully saturated rings. The predicted molar refractivity (Wildman–Crippen MR) is 114 cm³/mol. The van der Waals surface area contributed by atoms with Crippen molar-refractivity contribution < 1.29 is 18.7 Å². The Bertz CT molecular complexity index is 875.